The molecule has 2 heterocycles. The SMILES string of the molecule is NC(c1ccncc1)c1nc2ccccc2s1. The van der Waals surface area contributed by atoms with Crippen LogP contribution in [0.2, 0.25) is 0 Å². The number of hydrogen-bond donors (Lipinski definition) is 1. The minimum absolute atomic E-state index is 0.171. The number of para-hydroxylation sites is 1. The molecular formula is C13H11N3S. The van der Waals surface area contributed by atoms with E-state index in [4.69, 9.17) is 5.73 Å². The molecule has 0 aliphatic carbocycles. The van der Waals surface area contributed by atoms with Crippen LogP contribution in [0.3, 0.4) is 0 Å². The van der Waals surface area contributed by atoms with E-state index >= 15 is 0 Å². The van der Waals surface area contributed by atoms with Crippen LogP contribution in [0.4, 0.5) is 0 Å². The fourth-order valence-corrected chi connectivity index (χ4v) is 2.73. The normalized spacial score (nSPS) is 12.8. The Labute approximate surface area is 103 Å². The first-order valence-electron chi connectivity index (χ1n) is 5.35. The van der Waals surface area contributed by atoms with Crippen molar-refractivity contribution >= 4 is 21.6 Å². The summed E-state index contributed by atoms with van der Waals surface area (Å²) in [5.41, 5.74) is 8.25. The second-order valence-corrected chi connectivity index (χ2v) is 4.84. The number of pyridine rings is 1. The molecule has 1 unspecified atom stereocenters. The van der Waals surface area contributed by atoms with Crippen LogP contribution >= 0.6 is 11.3 Å². The van der Waals surface area contributed by atoms with Crippen LogP contribution in [-0.4, -0.2) is 9.97 Å². The van der Waals surface area contributed by atoms with Gasteiger partial charge in [-0.3, -0.25) is 4.98 Å². The molecule has 84 valence electrons. The lowest BCUT2D eigenvalue weighted by Gasteiger charge is -2.07. The van der Waals surface area contributed by atoms with Crippen molar-refractivity contribution in [3.05, 3.63) is 59.4 Å². The highest BCUT2D eigenvalue weighted by Crippen LogP contribution is 2.28. The van der Waals surface area contributed by atoms with Crippen molar-refractivity contribution in [2.75, 3.05) is 0 Å². The fourth-order valence-electron chi connectivity index (χ4n) is 1.74. The van der Waals surface area contributed by atoms with Crippen LogP contribution < -0.4 is 5.73 Å². The van der Waals surface area contributed by atoms with Gasteiger partial charge in [-0.25, -0.2) is 4.98 Å². The van der Waals surface area contributed by atoms with Gasteiger partial charge in [0.25, 0.3) is 0 Å². The van der Waals surface area contributed by atoms with Crippen molar-refractivity contribution < 1.29 is 0 Å². The number of nitrogens with two attached hydrogens (primary N) is 1. The third kappa shape index (κ3) is 1.92. The Hall–Kier alpha value is -1.78. The van der Waals surface area contributed by atoms with E-state index in [2.05, 4.69) is 16.0 Å². The van der Waals surface area contributed by atoms with E-state index in [9.17, 15) is 0 Å². The molecule has 0 saturated heterocycles. The highest BCUT2D eigenvalue weighted by molar-refractivity contribution is 7.18. The van der Waals surface area contributed by atoms with Gasteiger partial charge in [-0.2, -0.15) is 0 Å². The van der Waals surface area contributed by atoms with Crippen molar-refractivity contribution in [1.82, 2.24) is 9.97 Å². The zero-order valence-electron chi connectivity index (χ0n) is 9.08. The van der Waals surface area contributed by atoms with Crippen LogP contribution in [0.1, 0.15) is 16.6 Å². The fraction of sp³-hybridized carbons (Fsp3) is 0.0769. The molecule has 3 nitrogen and oxygen atoms in total. The predicted octanol–water partition coefficient (Wildman–Crippen LogP) is 2.74. The van der Waals surface area contributed by atoms with Gasteiger partial charge in [0.2, 0.25) is 0 Å². The largest absolute Gasteiger partial charge is 0.318 e. The number of hydrogen-bond acceptors (Lipinski definition) is 4. The molecule has 0 bridgehead atoms. The first-order valence-corrected chi connectivity index (χ1v) is 6.17. The summed E-state index contributed by atoms with van der Waals surface area (Å²) < 4.78 is 1.17. The number of aromatic nitrogens is 2. The van der Waals surface area contributed by atoms with Gasteiger partial charge in [0.15, 0.2) is 0 Å². The zero-order valence-corrected chi connectivity index (χ0v) is 9.89. The molecule has 1 atom stereocenters. The average Bonchev–Trinajstić information content (AvgIpc) is 2.82. The number of fused-ring (bicyclic) bond motifs is 1. The molecule has 0 amide bonds. The predicted molar refractivity (Wildman–Crippen MR) is 69.9 cm³/mol. The van der Waals surface area contributed by atoms with Crippen molar-refractivity contribution in [2.24, 2.45) is 5.73 Å². The molecule has 0 spiro atoms. The van der Waals surface area contributed by atoms with Crippen LogP contribution in [0.15, 0.2) is 48.8 Å². The number of rotatable bonds is 2. The third-order valence-corrected chi connectivity index (χ3v) is 3.76. The van der Waals surface area contributed by atoms with E-state index in [0.717, 1.165) is 16.1 Å². The summed E-state index contributed by atoms with van der Waals surface area (Å²) in [4.78, 5) is 8.55. The van der Waals surface area contributed by atoms with Gasteiger partial charge in [-0.05, 0) is 29.8 Å². The first kappa shape index (κ1) is 10.4. The molecule has 0 fully saturated rings. The Morgan fingerprint density at radius 1 is 1.06 bits per heavy atom. The maximum Gasteiger partial charge on any atom is 0.115 e. The smallest absolute Gasteiger partial charge is 0.115 e. The molecule has 2 N–H and O–H groups in total. The maximum atomic E-state index is 6.20. The summed E-state index contributed by atoms with van der Waals surface area (Å²) in [6, 6.07) is 11.8. The summed E-state index contributed by atoms with van der Waals surface area (Å²) in [6.07, 6.45) is 3.50. The van der Waals surface area contributed by atoms with Gasteiger partial charge in [0.1, 0.15) is 5.01 Å². The van der Waals surface area contributed by atoms with E-state index in [1.807, 2.05) is 30.3 Å². The van der Waals surface area contributed by atoms with E-state index < -0.39 is 0 Å². The Kier molecular flexibility index (Phi) is 2.59. The van der Waals surface area contributed by atoms with Gasteiger partial charge in [0, 0.05) is 12.4 Å². The summed E-state index contributed by atoms with van der Waals surface area (Å²) in [6.45, 7) is 0. The monoisotopic (exact) mass is 241 g/mol. The molecule has 3 rings (SSSR count). The topological polar surface area (TPSA) is 51.8 Å². The summed E-state index contributed by atoms with van der Waals surface area (Å²) in [7, 11) is 0. The molecule has 2 aromatic heterocycles. The molecule has 0 saturated carbocycles. The minimum Gasteiger partial charge on any atom is -0.318 e. The zero-order chi connectivity index (χ0) is 11.7. The van der Waals surface area contributed by atoms with Crippen molar-refractivity contribution in [3.63, 3.8) is 0 Å². The first-order chi connectivity index (χ1) is 8.34. The van der Waals surface area contributed by atoms with Crippen LogP contribution in [0.25, 0.3) is 10.2 Å². The number of thiazole rings is 1. The van der Waals surface area contributed by atoms with Gasteiger partial charge in [0.05, 0.1) is 16.3 Å². The number of nitrogens with zero attached hydrogens (tertiary/aromatic N) is 2. The molecular weight excluding hydrogens is 230 g/mol. The van der Waals surface area contributed by atoms with Gasteiger partial charge in [-0.1, -0.05) is 12.1 Å². The average molecular weight is 241 g/mol. The van der Waals surface area contributed by atoms with Crippen molar-refractivity contribution in [2.45, 2.75) is 6.04 Å². The summed E-state index contributed by atoms with van der Waals surface area (Å²) in [5, 5.41) is 0.942. The molecule has 1 aromatic carbocycles. The third-order valence-electron chi connectivity index (χ3n) is 2.64. The molecule has 0 aliphatic rings. The van der Waals surface area contributed by atoms with Crippen LogP contribution in [-0.2, 0) is 0 Å². The molecule has 0 aliphatic heterocycles. The second kappa shape index (κ2) is 4.24. The Bertz CT molecular complexity index is 600. The van der Waals surface area contributed by atoms with Crippen LogP contribution in [0.5, 0.6) is 0 Å². The Morgan fingerprint density at radius 3 is 2.59 bits per heavy atom. The minimum atomic E-state index is -0.171. The lowest BCUT2D eigenvalue weighted by molar-refractivity contribution is 0.858. The van der Waals surface area contributed by atoms with E-state index in [-0.39, 0.29) is 6.04 Å². The number of benzene rings is 1. The van der Waals surface area contributed by atoms with E-state index in [1.54, 1.807) is 23.7 Å². The summed E-state index contributed by atoms with van der Waals surface area (Å²) >= 11 is 1.64. The lowest BCUT2D eigenvalue weighted by Crippen LogP contribution is -2.11. The van der Waals surface area contributed by atoms with Crippen molar-refractivity contribution in [1.29, 1.82) is 0 Å². The Balaban J connectivity index is 2.04. The van der Waals surface area contributed by atoms with Gasteiger partial charge < -0.3 is 5.73 Å². The van der Waals surface area contributed by atoms with E-state index in [1.165, 1.54) is 4.70 Å². The van der Waals surface area contributed by atoms with E-state index in [0.29, 0.717) is 0 Å². The maximum absolute atomic E-state index is 6.20. The highest BCUT2D eigenvalue weighted by Gasteiger charge is 2.13. The standard InChI is InChI=1S/C13H11N3S/c14-12(9-5-7-15-8-6-9)13-16-10-3-1-2-4-11(10)17-13/h1-8,12H,14H2. The second-order valence-electron chi connectivity index (χ2n) is 3.78. The Morgan fingerprint density at radius 2 is 1.82 bits per heavy atom. The molecule has 17 heavy (non-hydrogen) atoms. The molecule has 4 heteroatoms. The quantitative estimate of drug-likeness (QED) is 0.750. The molecule has 3 aromatic rings. The molecule has 0 radical (unpaired) electrons. The summed E-state index contributed by atoms with van der Waals surface area (Å²) in [5.74, 6) is 0. The lowest BCUT2D eigenvalue weighted by atomic mass is 10.1. The highest BCUT2D eigenvalue weighted by atomic mass is 32.1. The van der Waals surface area contributed by atoms with Gasteiger partial charge in [-0.15, -0.1) is 11.3 Å². The van der Waals surface area contributed by atoms with Crippen molar-refractivity contribution in [3.8, 4) is 0 Å². The van der Waals surface area contributed by atoms with Gasteiger partial charge >= 0.3 is 0 Å². The van der Waals surface area contributed by atoms with Crippen LogP contribution in [0, 0.1) is 0 Å².